The van der Waals surface area contributed by atoms with E-state index >= 15 is 0 Å². The van der Waals surface area contributed by atoms with E-state index in [1.54, 1.807) is 0 Å². The lowest BCUT2D eigenvalue weighted by Crippen LogP contribution is -2.27. The summed E-state index contributed by atoms with van der Waals surface area (Å²) in [6.45, 7) is 2.97. The van der Waals surface area contributed by atoms with E-state index in [2.05, 4.69) is 12.2 Å². The lowest BCUT2D eigenvalue weighted by molar-refractivity contribution is 0.0950. The Labute approximate surface area is 106 Å². The summed E-state index contributed by atoms with van der Waals surface area (Å²) in [5.74, 6) is 0.933. The molecule has 0 radical (unpaired) electrons. The molecule has 1 N–H and O–H groups in total. The molecule has 2 nitrogen and oxygen atoms in total. The van der Waals surface area contributed by atoms with Crippen LogP contribution < -0.4 is 5.32 Å². The summed E-state index contributed by atoms with van der Waals surface area (Å²) in [4.78, 5) is 14.9. The minimum Gasteiger partial charge on any atom is -0.352 e. The number of hydrogen-bond acceptors (Lipinski definition) is 2. The molecule has 0 aromatic carbocycles. The smallest absolute Gasteiger partial charge is 0.252 e. The highest BCUT2D eigenvalue weighted by molar-refractivity contribution is 7.12. The van der Waals surface area contributed by atoms with Crippen LogP contribution in [0.5, 0.6) is 0 Å². The molecule has 92 valence electrons. The molecule has 1 aromatic rings. The zero-order valence-corrected chi connectivity index (χ0v) is 11.2. The minimum atomic E-state index is 0.175. The van der Waals surface area contributed by atoms with Crippen LogP contribution in [-0.4, -0.2) is 12.5 Å². The second-order valence-electron chi connectivity index (χ2n) is 5.30. The maximum atomic E-state index is 12.2. The Morgan fingerprint density at radius 1 is 1.35 bits per heavy atom. The molecule has 1 fully saturated rings. The second-order valence-corrected chi connectivity index (χ2v) is 6.60. The third-order valence-corrected chi connectivity index (χ3v) is 5.03. The molecule has 0 unspecified atom stereocenters. The predicted molar refractivity (Wildman–Crippen MR) is 70.8 cm³/mol. The van der Waals surface area contributed by atoms with Gasteiger partial charge in [-0.1, -0.05) is 0 Å². The zero-order chi connectivity index (χ0) is 11.8. The maximum Gasteiger partial charge on any atom is 0.252 e. The monoisotopic (exact) mass is 249 g/mol. The molecular weight excluding hydrogens is 230 g/mol. The molecule has 2 aliphatic carbocycles. The largest absolute Gasteiger partial charge is 0.352 e. The maximum absolute atomic E-state index is 12.2. The lowest BCUT2D eigenvalue weighted by atomic mass is 9.94. The van der Waals surface area contributed by atoms with Gasteiger partial charge in [0.15, 0.2) is 0 Å². The van der Waals surface area contributed by atoms with Gasteiger partial charge >= 0.3 is 0 Å². The molecule has 2 aliphatic rings. The van der Waals surface area contributed by atoms with Crippen molar-refractivity contribution in [2.75, 3.05) is 6.54 Å². The number of aryl methyl sites for hydroxylation is 2. The van der Waals surface area contributed by atoms with Crippen molar-refractivity contribution < 1.29 is 4.79 Å². The number of thiophene rings is 1. The first-order valence-electron chi connectivity index (χ1n) is 6.65. The standard InChI is InChI=1S/C14H19NOS/c1-9-13(14(16)15-8-10-6-7-10)11-4-2-3-5-12(11)17-9/h10H,2-8H2,1H3,(H,15,16). The first-order chi connectivity index (χ1) is 8.25. The van der Waals surface area contributed by atoms with Gasteiger partial charge in [0, 0.05) is 16.3 Å². The third kappa shape index (κ3) is 2.25. The average Bonchev–Trinajstić information content (AvgIpc) is 3.07. The van der Waals surface area contributed by atoms with Gasteiger partial charge in [-0.2, -0.15) is 0 Å². The molecule has 0 bridgehead atoms. The van der Waals surface area contributed by atoms with E-state index in [-0.39, 0.29) is 5.91 Å². The Morgan fingerprint density at radius 2 is 2.12 bits per heavy atom. The summed E-state index contributed by atoms with van der Waals surface area (Å²) in [6.07, 6.45) is 7.40. The highest BCUT2D eigenvalue weighted by Gasteiger charge is 2.25. The average molecular weight is 249 g/mol. The van der Waals surface area contributed by atoms with Crippen molar-refractivity contribution in [2.24, 2.45) is 5.92 Å². The number of amides is 1. The van der Waals surface area contributed by atoms with Gasteiger partial charge in [-0.25, -0.2) is 0 Å². The summed E-state index contributed by atoms with van der Waals surface area (Å²) in [5.41, 5.74) is 2.36. The topological polar surface area (TPSA) is 29.1 Å². The van der Waals surface area contributed by atoms with Crippen molar-refractivity contribution in [3.8, 4) is 0 Å². The van der Waals surface area contributed by atoms with Crippen LogP contribution in [0.1, 0.15) is 51.4 Å². The fourth-order valence-corrected chi connectivity index (χ4v) is 3.91. The van der Waals surface area contributed by atoms with Crippen LogP contribution in [0.3, 0.4) is 0 Å². The van der Waals surface area contributed by atoms with Crippen LogP contribution >= 0.6 is 11.3 Å². The lowest BCUT2D eigenvalue weighted by Gasteiger charge is -2.12. The normalized spacial score (nSPS) is 18.9. The molecule has 1 saturated carbocycles. The Hall–Kier alpha value is -0.830. The molecular formula is C14H19NOS. The quantitative estimate of drug-likeness (QED) is 0.876. The van der Waals surface area contributed by atoms with E-state index in [0.29, 0.717) is 0 Å². The Bertz CT molecular complexity index is 445. The SMILES string of the molecule is Cc1sc2c(c1C(=O)NCC1CC1)CCCC2. The van der Waals surface area contributed by atoms with Crippen molar-refractivity contribution in [1.29, 1.82) is 0 Å². The number of fused-ring (bicyclic) bond motifs is 1. The van der Waals surface area contributed by atoms with Gasteiger partial charge in [-0.15, -0.1) is 11.3 Å². The number of hydrogen-bond donors (Lipinski definition) is 1. The van der Waals surface area contributed by atoms with Crippen molar-refractivity contribution in [3.05, 3.63) is 20.9 Å². The predicted octanol–water partition coefficient (Wildman–Crippen LogP) is 3.08. The number of carbonyl (C=O) groups is 1. The number of rotatable bonds is 3. The molecule has 3 rings (SSSR count). The van der Waals surface area contributed by atoms with E-state index < -0.39 is 0 Å². The molecule has 3 heteroatoms. The fraction of sp³-hybridized carbons (Fsp3) is 0.643. The summed E-state index contributed by atoms with van der Waals surface area (Å²) in [6, 6.07) is 0. The molecule has 1 heterocycles. The van der Waals surface area contributed by atoms with E-state index in [1.165, 1.54) is 47.4 Å². The van der Waals surface area contributed by atoms with Crippen LogP contribution in [0.25, 0.3) is 0 Å². The Balaban J connectivity index is 1.80. The third-order valence-electron chi connectivity index (χ3n) is 3.82. The molecule has 0 saturated heterocycles. The number of nitrogens with one attached hydrogen (secondary N) is 1. The summed E-state index contributed by atoms with van der Waals surface area (Å²) in [7, 11) is 0. The first-order valence-corrected chi connectivity index (χ1v) is 7.46. The van der Waals surface area contributed by atoms with Crippen molar-refractivity contribution >= 4 is 17.2 Å². The van der Waals surface area contributed by atoms with Crippen LogP contribution in [0.2, 0.25) is 0 Å². The van der Waals surface area contributed by atoms with Crippen LogP contribution in [0.4, 0.5) is 0 Å². The van der Waals surface area contributed by atoms with Gasteiger partial charge < -0.3 is 5.32 Å². The van der Waals surface area contributed by atoms with Crippen LogP contribution in [0, 0.1) is 12.8 Å². The molecule has 17 heavy (non-hydrogen) atoms. The minimum absolute atomic E-state index is 0.175. The summed E-state index contributed by atoms with van der Waals surface area (Å²) in [5, 5.41) is 3.11. The van der Waals surface area contributed by atoms with Crippen molar-refractivity contribution in [1.82, 2.24) is 5.32 Å². The Morgan fingerprint density at radius 3 is 2.88 bits per heavy atom. The van der Waals surface area contributed by atoms with Crippen molar-refractivity contribution in [3.63, 3.8) is 0 Å². The molecule has 1 aromatic heterocycles. The van der Waals surface area contributed by atoms with Crippen molar-refractivity contribution in [2.45, 2.75) is 45.4 Å². The van der Waals surface area contributed by atoms with Gasteiger partial charge in [-0.3, -0.25) is 4.79 Å². The van der Waals surface area contributed by atoms with E-state index in [4.69, 9.17) is 0 Å². The zero-order valence-electron chi connectivity index (χ0n) is 10.3. The van der Waals surface area contributed by atoms with Gasteiger partial charge in [-0.05, 0) is 56.9 Å². The second kappa shape index (κ2) is 4.45. The highest BCUT2D eigenvalue weighted by Crippen LogP contribution is 2.34. The van der Waals surface area contributed by atoms with E-state index in [0.717, 1.165) is 24.4 Å². The molecule has 0 spiro atoms. The van der Waals surface area contributed by atoms with Gasteiger partial charge in [0.2, 0.25) is 0 Å². The summed E-state index contributed by atoms with van der Waals surface area (Å²) < 4.78 is 0. The van der Waals surface area contributed by atoms with E-state index in [1.807, 2.05) is 11.3 Å². The first kappa shape index (κ1) is 11.3. The summed E-state index contributed by atoms with van der Waals surface area (Å²) >= 11 is 1.83. The number of carbonyl (C=O) groups excluding carboxylic acids is 1. The van der Waals surface area contributed by atoms with E-state index in [9.17, 15) is 4.79 Å². The van der Waals surface area contributed by atoms with Gasteiger partial charge in [0.25, 0.3) is 5.91 Å². The van der Waals surface area contributed by atoms with Gasteiger partial charge in [0.1, 0.15) is 0 Å². The van der Waals surface area contributed by atoms with Crippen LogP contribution in [0.15, 0.2) is 0 Å². The van der Waals surface area contributed by atoms with Crippen LogP contribution in [-0.2, 0) is 12.8 Å². The molecule has 0 aliphatic heterocycles. The Kier molecular flexibility index (Phi) is 2.95. The fourth-order valence-electron chi connectivity index (χ4n) is 2.65. The molecule has 0 atom stereocenters. The highest BCUT2D eigenvalue weighted by atomic mass is 32.1. The van der Waals surface area contributed by atoms with Gasteiger partial charge in [0.05, 0.1) is 5.56 Å². The molecule has 1 amide bonds.